The second kappa shape index (κ2) is 4.32. The van der Waals surface area contributed by atoms with Gasteiger partial charge in [0.15, 0.2) is 0 Å². The van der Waals surface area contributed by atoms with E-state index in [-0.39, 0.29) is 12.2 Å². The van der Waals surface area contributed by atoms with Crippen molar-refractivity contribution in [1.82, 2.24) is 5.48 Å². The van der Waals surface area contributed by atoms with Gasteiger partial charge in [0.25, 0.3) is 0 Å². The summed E-state index contributed by atoms with van der Waals surface area (Å²) >= 11 is 0. The molecule has 2 rings (SSSR count). The summed E-state index contributed by atoms with van der Waals surface area (Å²) < 4.78 is 13.6. The van der Waals surface area contributed by atoms with Crippen LogP contribution in [0.4, 0.5) is 10.1 Å². The fraction of sp³-hybridized carbons (Fsp3) is 0.182. The number of nitrogens with one attached hydrogen (secondary N) is 2. The van der Waals surface area contributed by atoms with E-state index in [1.807, 2.05) is 0 Å². The number of carbonyl (C=O) groups excluding carboxylic acids is 1. The third-order valence-corrected chi connectivity index (χ3v) is 2.45. The van der Waals surface area contributed by atoms with Crippen LogP contribution in [0.1, 0.15) is 12.0 Å². The molecular formula is C11H11FN2O2. The van der Waals surface area contributed by atoms with E-state index in [1.165, 1.54) is 11.5 Å². The molecule has 0 saturated carbocycles. The molecular weight excluding hydrogens is 211 g/mol. The molecule has 1 aromatic rings. The van der Waals surface area contributed by atoms with Crippen molar-refractivity contribution in [3.8, 4) is 0 Å². The molecule has 0 radical (unpaired) electrons. The first-order chi connectivity index (χ1) is 7.72. The fourth-order valence-electron chi connectivity index (χ4n) is 1.76. The summed E-state index contributed by atoms with van der Waals surface area (Å²) in [5, 5.41) is 11.5. The molecule has 0 aliphatic carbocycles. The van der Waals surface area contributed by atoms with Crippen LogP contribution in [0.5, 0.6) is 0 Å². The number of halogens is 1. The van der Waals surface area contributed by atoms with Crippen LogP contribution in [0.3, 0.4) is 0 Å². The lowest BCUT2D eigenvalue weighted by Gasteiger charge is -2.19. The zero-order valence-corrected chi connectivity index (χ0v) is 8.46. The standard InChI is InChI=1S/C11H11FN2O2/c12-8-2-1-3-9-11(8)7(4-5-13-9)6-10(15)14-16/h1-4,13,16H,5-6H2,(H,14,15). The van der Waals surface area contributed by atoms with Gasteiger partial charge in [0.05, 0.1) is 6.42 Å². The van der Waals surface area contributed by atoms with E-state index < -0.39 is 5.91 Å². The van der Waals surface area contributed by atoms with Crippen molar-refractivity contribution in [3.63, 3.8) is 0 Å². The highest BCUT2D eigenvalue weighted by Crippen LogP contribution is 2.31. The molecule has 0 aromatic heterocycles. The van der Waals surface area contributed by atoms with Gasteiger partial charge in [0.1, 0.15) is 5.82 Å². The molecule has 0 saturated heterocycles. The number of anilines is 1. The normalized spacial score (nSPS) is 13.5. The maximum absolute atomic E-state index is 13.6. The van der Waals surface area contributed by atoms with E-state index in [2.05, 4.69) is 5.32 Å². The van der Waals surface area contributed by atoms with Crippen LogP contribution in [-0.4, -0.2) is 17.7 Å². The van der Waals surface area contributed by atoms with E-state index in [1.54, 1.807) is 18.2 Å². The van der Waals surface area contributed by atoms with Crippen LogP contribution >= 0.6 is 0 Å². The van der Waals surface area contributed by atoms with Crippen LogP contribution in [0, 0.1) is 5.82 Å². The van der Waals surface area contributed by atoms with Crippen molar-refractivity contribution in [2.24, 2.45) is 0 Å². The number of hydrogen-bond acceptors (Lipinski definition) is 3. The molecule has 3 N–H and O–H groups in total. The van der Waals surface area contributed by atoms with Crippen LogP contribution in [0.15, 0.2) is 24.3 Å². The lowest BCUT2D eigenvalue weighted by molar-refractivity contribution is -0.128. The Balaban J connectivity index is 2.36. The number of fused-ring (bicyclic) bond motifs is 1. The summed E-state index contributed by atoms with van der Waals surface area (Å²) in [5.74, 6) is -0.927. The zero-order valence-electron chi connectivity index (χ0n) is 8.46. The smallest absolute Gasteiger partial charge is 0.247 e. The Morgan fingerprint density at radius 2 is 2.38 bits per heavy atom. The second-order valence-corrected chi connectivity index (χ2v) is 3.48. The highest BCUT2D eigenvalue weighted by atomic mass is 19.1. The average Bonchev–Trinajstić information content (AvgIpc) is 2.29. The van der Waals surface area contributed by atoms with Crippen LogP contribution in [0.2, 0.25) is 0 Å². The van der Waals surface area contributed by atoms with Gasteiger partial charge in [-0.05, 0) is 17.7 Å². The average molecular weight is 222 g/mol. The van der Waals surface area contributed by atoms with Gasteiger partial charge in [-0.2, -0.15) is 0 Å². The van der Waals surface area contributed by atoms with Crippen molar-refractivity contribution in [2.75, 3.05) is 11.9 Å². The van der Waals surface area contributed by atoms with E-state index in [0.29, 0.717) is 23.4 Å². The number of hydroxylamine groups is 1. The van der Waals surface area contributed by atoms with Crippen molar-refractivity contribution in [1.29, 1.82) is 0 Å². The number of carbonyl (C=O) groups is 1. The summed E-state index contributed by atoms with van der Waals surface area (Å²) in [5.41, 5.74) is 3.19. The van der Waals surface area contributed by atoms with E-state index in [0.717, 1.165) is 0 Å². The quantitative estimate of drug-likeness (QED) is 0.525. The Kier molecular flexibility index (Phi) is 2.87. The molecule has 0 fully saturated rings. The highest BCUT2D eigenvalue weighted by molar-refractivity contribution is 5.92. The van der Waals surface area contributed by atoms with Gasteiger partial charge in [-0.15, -0.1) is 0 Å². The molecule has 5 heteroatoms. The van der Waals surface area contributed by atoms with Crippen molar-refractivity contribution in [2.45, 2.75) is 6.42 Å². The lowest BCUT2D eigenvalue weighted by atomic mass is 9.97. The van der Waals surface area contributed by atoms with Crippen LogP contribution in [0.25, 0.3) is 5.57 Å². The van der Waals surface area contributed by atoms with Gasteiger partial charge in [0.2, 0.25) is 5.91 Å². The Labute approximate surface area is 91.7 Å². The molecule has 4 nitrogen and oxygen atoms in total. The van der Waals surface area contributed by atoms with Gasteiger partial charge in [0, 0.05) is 17.8 Å². The zero-order chi connectivity index (χ0) is 11.5. The summed E-state index contributed by atoms with van der Waals surface area (Å²) in [6, 6.07) is 4.70. The van der Waals surface area contributed by atoms with E-state index in [9.17, 15) is 9.18 Å². The molecule has 0 bridgehead atoms. The minimum absolute atomic E-state index is 0.0356. The SMILES string of the molecule is O=C(CC1=CCNc2cccc(F)c21)NO. The van der Waals surface area contributed by atoms with Crippen LogP contribution in [-0.2, 0) is 4.79 Å². The molecule has 0 spiro atoms. The maximum Gasteiger partial charge on any atom is 0.247 e. The first-order valence-corrected chi connectivity index (χ1v) is 4.87. The number of amides is 1. The fourth-order valence-corrected chi connectivity index (χ4v) is 1.76. The summed E-state index contributed by atoms with van der Waals surface area (Å²) in [4.78, 5) is 11.1. The van der Waals surface area contributed by atoms with Gasteiger partial charge in [-0.3, -0.25) is 10.0 Å². The Bertz CT molecular complexity index is 457. The monoisotopic (exact) mass is 222 g/mol. The number of rotatable bonds is 2. The minimum atomic E-state index is -0.553. The van der Waals surface area contributed by atoms with Crippen molar-refractivity contribution in [3.05, 3.63) is 35.7 Å². The molecule has 1 heterocycles. The third-order valence-electron chi connectivity index (χ3n) is 2.45. The Morgan fingerprint density at radius 3 is 3.12 bits per heavy atom. The third kappa shape index (κ3) is 1.90. The summed E-state index contributed by atoms with van der Waals surface area (Å²) in [7, 11) is 0. The van der Waals surface area contributed by atoms with Gasteiger partial charge in [-0.25, -0.2) is 9.87 Å². The molecule has 84 valence electrons. The molecule has 1 aromatic carbocycles. The topological polar surface area (TPSA) is 61.4 Å². The first-order valence-electron chi connectivity index (χ1n) is 4.87. The first kappa shape index (κ1) is 10.6. The number of hydrogen-bond donors (Lipinski definition) is 3. The lowest BCUT2D eigenvalue weighted by Crippen LogP contribution is -2.20. The van der Waals surface area contributed by atoms with Gasteiger partial charge >= 0.3 is 0 Å². The highest BCUT2D eigenvalue weighted by Gasteiger charge is 2.18. The van der Waals surface area contributed by atoms with Crippen molar-refractivity contribution >= 4 is 17.2 Å². The van der Waals surface area contributed by atoms with Gasteiger partial charge in [-0.1, -0.05) is 12.1 Å². The Morgan fingerprint density at radius 1 is 1.56 bits per heavy atom. The van der Waals surface area contributed by atoms with Gasteiger partial charge < -0.3 is 5.32 Å². The summed E-state index contributed by atoms with van der Waals surface area (Å²) in [6.07, 6.45) is 1.70. The molecule has 1 aliphatic heterocycles. The van der Waals surface area contributed by atoms with Crippen LogP contribution < -0.4 is 10.8 Å². The summed E-state index contributed by atoms with van der Waals surface area (Å²) in [6.45, 7) is 0.546. The molecule has 0 unspecified atom stereocenters. The molecule has 0 atom stereocenters. The maximum atomic E-state index is 13.6. The molecule has 16 heavy (non-hydrogen) atoms. The largest absolute Gasteiger partial charge is 0.381 e. The second-order valence-electron chi connectivity index (χ2n) is 3.48. The van der Waals surface area contributed by atoms with E-state index in [4.69, 9.17) is 5.21 Å². The Hall–Kier alpha value is -1.88. The molecule has 1 amide bonds. The predicted octanol–water partition coefficient (Wildman–Crippen LogP) is 1.53. The van der Waals surface area contributed by atoms with Crippen molar-refractivity contribution < 1.29 is 14.4 Å². The predicted molar refractivity (Wildman–Crippen MR) is 57.4 cm³/mol. The van der Waals surface area contributed by atoms with E-state index >= 15 is 0 Å². The number of benzene rings is 1. The molecule has 1 aliphatic rings. The minimum Gasteiger partial charge on any atom is -0.381 e.